The number of β-amino-alcohol motifs (C(OH)–C–C–N with tert-alkyl or cyclic N) is 1. The van der Waals surface area contributed by atoms with Crippen molar-refractivity contribution in [3.63, 3.8) is 0 Å². The van der Waals surface area contributed by atoms with E-state index in [0.717, 1.165) is 45.0 Å². The van der Waals surface area contributed by atoms with Gasteiger partial charge >= 0.3 is 0 Å². The average molecular weight is 390 g/mol. The number of benzene rings is 1. The first-order chi connectivity index (χ1) is 13.7. The van der Waals surface area contributed by atoms with Crippen LogP contribution >= 0.6 is 0 Å². The summed E-state index contributed by atoms with van der Waals surface area (Å²) in [6, 6.07) is 8.95. The van der Waals surface area contributed by atoms with Crippen LogP contribution in [0.5, 0.6) is 5.75 Å². The van der Waals surface area contributed by atoms with Crippen LogP contribution in [0, 0.1) is 0 Å². The Hall–Kier alpha value is -1.14. The summed E-state index contributed by atoms with van der Waals surface area (Å²) in [7, 11) is 0. The quantitative estimate of drug-likeness (QED) is 0.636. The van der Waals surface area contributed by atoms with Gasteiger partial charge in [0.1, 0.15) is 18.5 Å². The standard InChI is InChI=1S/C23H39N3O2/c1-2-25-12-14-26(15-13-25)18-22(27)19-28-23-11-7-8-20(16-23)17-24-21-9-5-3-4-6-10-21/h7-8,11,16,21-22,24,27H,2-6,9-10,12-15,17-19H2,1H3/t22-/m0/s1. The van der Waals surface area contributed by atoms with Crippen molar-refractivity contribution in [1.82, 2.24) is 15.1 Å². The lowest BCUT2D eigenvalue weighted by molar-refractivity contribution is 0.0471. The summed E-state index contributed by atoms with van der Waals surface area (Å²) in [5, 5.41) is 14.1. The fourth-order valence-corrected chi connectivity index (χ4v) is 4.32. The third-order valence-electron chi connectivity index (χ3n) is 6.17. The number of nitrogens with zero attached hydrogens (tertiary/aromatic N) is 2. The fraction of sp³-hybridized carbons (Fsp3) is 0.739. The molecule has 28 heavy (non-hydrogen) atoms. The third-order valence-corrected chi connectivity index (χ3v) is 6.17. The van der Waals surface area contributed by atoms with Crippen molar-refractivity contribution in [2.24, 2.45) is 0 Å². The number of hydrogen-bond donors (Lipinski definition) is 2. The molecule has 1 atom stereocenters. The number of aliphatic hydroxyl groups is 1. The molecule has 0 unspecified atom stereocenters. The van der Waals surface area contributed by atoms with Gasteiger partial charge in [-0.05, 0) is 37.1 Å². The van der Waals surface area contributed by atoms with Crippen LogP contribution in [0.25, 0.3) is 0 Å². The van der Waals surface area contributed by atoms with Gasteiger partial charge in [0.25, 0.3) is 0 Å². The molecule has 158 valence electrons. The molecule has 0 spiro atoms. The van der Waals surface area contributed by atoms with Crippen LogP contribution in [0.15, 0.2) is 24.3 Å². The summed E-state index contributed by atoms with van der Waals surface area (Å²) in [5.74, 6) is 0.856. The van der Waals surface area contributed by atoms with E-state index in [1.807, 2.05) is 6.07 Å². The summed E-state index contributed by atoms with van der Waals surface area (Å²) in [6.07, 6.45) is 7.64. The molecule has 5 nitrogen and oxygen atoms in total. The van der Waals surface area contributed by atoms with Crippen LogP contribution in [-0.2, 0) is 6.54 Å². The van der Waals surface area contributed by atoms with E-state index < -0.39 is 6.10 Å². The predicted molar refractivity (Wildman–Crippen MR) is 115 cm³/mol. The van der Waals surface area contributed by atoms with E-state index in [1.54, 1.807) is 0 Å². The molecule has 5 heteroatoms. The highest BCUT2D eigenvalue weighted by molar-refractivity contribution is 5.28. The average Bonchev–Trinajstić information content (AvgIpc) is 3.00. The molecule has 2 fully saturated rings. The normalized spacial score (nSPS) is 21.4. The van der Waals surface area contributed by atoms with E-state index in [4.69, 9.17) is 4.74 Å². The molecule has 2 aliphatic rings. The SMILES string of the molecule is CCN1CCN(C[C@H](O)COc2cccc(CNC3CCCCCC3)c2)CC1. The minimum absolute atomic E-state index is 0.355. The molecular formula is C23H39N3O2. The second-order valence-electron chi connectivity index (χ2n) is 8.42. The topological polar surface area (TPSA) is 48.0 Å². The molecule has 1 saturated carbocycles. The highest BCUT2D eigenvalue weighted by Gasteiger charge is 2.18. The van der Waals surface area contributed by atoms with Crippen molar-refractivity contribution in [2.45, 2.75) is 64.1 Å². The monoisotopic (exact) mass is 389 g/mol. The Labute approximate surface area is 171 Å². The minimum Gasteiger partial charge on any atom is -0.491 e. The van der Waals surface area contributed by atoms with Gasteiger partial charge in [-0.3, -0.25) is 4.90 Å². The summed E-state index contributed by atoms with van der Waals surface area (Å²) >= 11 is 0. The van der Waals surface area contributed by atoms with Crippen LogP contribution < -0.4 is 10.1 Å². The summed E-state index contributed by atoms with van der Waals surface area (Å²) in [5.41, 5.74) is 1.26. The maximum absolute atomic E-state index is 10.4. The van der Waals surface area contributed by atoms with E-state index in [2.05, 4.69) is 40.2 Å². The van der Waals surface area contributed by atoms with Gasteiger partial charge < -0.3 is 20.1 Å². The van der Waals surface area contributed by atoms with Crippen LogP contribution in [0.1, 0.15) is 51.0 Å². The van der Waals surface area contributed by atoms with Crippen molar-refractivity contribution < 1.29 is 9.84 Å². The number of hydrogen-bond acceptors (Lipinski definition) is 5. The van der Waals surface area contributed by atoms with Crippen molar-refractivity contribution in [3.05, 3.63) is 29.8 Å². The lowest BCUT2D eigenvalue weighted by Gasteiger charge is -2.34. The van der Waals surface area contributed by atoms with Crippen LogP contribution in [0.4, 0.5) is 0 Å². The van der Waals surface area contributed by atoms with Gasteiger partial charge in [0.15, 0.2) is 0 Å². The Kier molecular flexibility index (Phi) is 9.06. The molecular weight excluding hydrogens is 350 g/mol. The maximum Gasteiger partial charge on any atom is 0.119 e. The van der Waals surface area contributed by atoms with Crippen LogP contribution in [-0.4, -0.2) is 72.9 Å². The van der Waals surface area contributed by atoms with Crippen molar-refractivity contribution in [1.29, 1.82) is 0 Å². The lowest BCUT2D eigenvalue weighted by Crippen LogP contribution is -2.49. The highest BCUT2D eigenvalue weighted by atomic mass is 16.5. The Morgan fingerprint density at radius 3 is 2.50 bits per heavy atom. The number of likely N-dealkylation sites (N-methyl/N-ethyl adjacent to an activating group) is 1. The number of ether oxygens (including phenoxy) is 1. The van der Waals surface area contributed by atoms with Gasteiger partial charge in [0.05, 0.1) is 0 Å². The second-order valence-corrected chi connectivity index (χ2v) is 8.42. The molecule has 1 aromatic rings. The predicted octanol–water partition coefficient (Wildman–Crippen LogP) is 2.88. The van der Waals surface area contributed by atoms with E-state index in [1.165, 1.54) is 44.1 Å². The lowest BCUT2D eigenvalue weighted by atomic mass is 10.1. The molecule has 3 rings (SSSR count). The zero-order chi connectivity index (χ0) is 19.6. The minimum atomic E-state index is -0.444. The molecule has 2 N–H and O–H groups in total. The van der Waals surface area contributed by atoms with E-state index in [0.29, 0.717) is 19.2 Å². The first kappa shape index (κ1) is 21.6. The Morgan fingerprint density at radius 2 is 1.79 bits per heavy atom. The van der Waals surface area contributed by atoms with Crippen molar-refractivity contribution >= 4 is 0 Å². The number of rotatable bonds is 9. The van der Waals surface area contributed by atoms with Gasteiger partial charge in [-0.15, -0.1) is 0 Å². The van der Waals surface area contributed by atoms with Gasteiger partial charge in [0, 0.05) is 45.3 Å². The molecule has 0 bridgehead atoms. The Morgan fingerprint density at radius 1 is 1.07 bits per heavy atom. The van der Waals surface area contributed by atoms with Crippen LogP contribution in [0.3, 0.4) is 0 Å². The Balaban J connectivity index is 1.37. The maximum atomic E-state index is 10.4. The van der Waals surface area contributed by atoms with Gasteiger partial charge in [-0.25, -0.2) is 0 Å². The second kappa shape index (κ2) is 11.8. The van der Waals surface area contributed by atoms with Gasteiger partial charge in [-0.2, -0.15) is 0 Å². The van der Waals surface area contributed by atoms with E-state index >= 15 is 0 Å². The molecule has 1 aliphatic heterocycles. The smallest absolute Gasteiger partial charge is 0.119 e. The van der Waals surface area contributed by atoms with Crippen molar-refractivity contribution in [2.75, 3.05) is 45.9 Å². The van der Waals surface area contributed by atoms with E-state index in [-0.39, 0.29) is 0 Å². The molecule has 1 saturated heterocycles. The molecule has 0 radical (unpaired) electrons. The number of aliphatic hydroxyl groups excluding tert-OH is 1. The Bertz CT molecular complexity index is 553. The first-order valence-corrected chi connectivity index (χ1v) is 11.3. The molecule has 1 aliphatic carbocycles. The number of nitrogens with one attached hydrogen (secondary N) is 1. The first-order valence-electron chi connectivity index (χ1n) is 11.3. The zero-order valence-corrected chi connectivity index (χ0v) is 17.6. The summed E-state index contributed by atoms with van der Waals surface area (Å²) in [4.78, 5) is 4.79. The number of piperazine rings is 1. The van der Waals surface area contributed by atoms with Gasteiger partial charge in [0.2, 0.25) is 0 Å². The molecule has 0 aromatic heterocycles. The van der Waals surface area contributed by atoms with E-state index in [9.17, 15) is 5.11 Å². The summed E-state index contributed by atoms with van der Waals surface area (Å²) in [6.45, 7) is 9.53. The largest absolute Gasteiger partial charge is 0.491 e. The molecule has 1 aromatic carbocycles. The highest BCUT2D eigenvalue weighted by Crippen LogP contribution is 2.19. The third kappa shape index (κ3) is 7.36. The van der Waals surface area contributed by atoms with Crippen LogP contribution in [0.2, 0.25) is 0 Å². The summed E-state index contributed by atoms with van der Waals surface area (Å²) < 4.78 is 5.89. The van der Waals surface area contributed by atoms with Gasteiger partial charge in [-0.1, -0.05) is 44.7 Å². The molecule has 1 heterocycles. The molecule has 0 amide bonds. The zero-order valence-electron chi connectivity index (χ0n) is 17.6. The van der Waals surface area contributed by atoms with Crippen molar-refractivity contribution in [3.8, 4) is 5.75 Å². The fourth-order valence-electron chi connectivity index (χ4n) is 4.32.